The maximum atomic E-state index is 12.3. The van der Waals surface area contributed by atoms with Gasteiger partial charge in [-0.1, -0.05) is 18.2 Å². The van der Waals surface area contributed by atoms with E-state index in [0.29, 0.717) is 22.8 Å². The Labute approximate surface area is 181 Å². The number of imidazole rings is 1. The molecule has 0 unspecified atom stereocenters. The molecule has 0 amide bonds. The summed E-state index contributed by atoms with van der Waals surface area (Å²) in [7, 11) is 1.52. The molecular formula is C23H19F3N4O2. The summed E-state index contributed by atoms with van der Waals surface area (Å²) in [5.74, 6) is -0.0162. The van der Waals surface area contributed by atoms with Crippen molar-refractivity contribution in [3.8, 4) is 28.4 Å². The highest BCUT2D eigenvalue weighted by molar-refractivity contribution is 5.81. The van der Waals surface area contributed by atoms with Gasteiger partial charge in [0.2, 0.25) is 5.88 Å². The third-order valence-electron chi connectivity index (χ3n) is 4.96. The smallest absolute Gasteiger partial charge is 0.389 e. The van der Waals surface area contributed by atoms with Gasteiger partial charge in [0.15, 0.2) is 0 Å². The zero-order valence-corrected chi connectivity index (χ0v) is 17.1. The molecule has 0 bridgehead atoms. The molecule has 3 heterocycles. The fourth-order valence-electron chi connectivity index (χ4n) is 3.36. The Kier molecular flexibility index (Phi) is 5.89. The first-order chi connectivity index (χ1) is 15.3. The van der Waals surface area contributed by atoms with E-state index in [-0.39, 0.29) is 6.42 Å². The fraction of sp³-hybridized carbons (Fsp3) is 0.217. The molecule has 3 aromatic heterocycles. The molecule has 0 spiro atoms. The first-order valence-corrected chi connectivity index (χ1v) is 9.84. The Hall–Kier alpha value is -3.75. The van der Waals surface area contributed by atoms with Gasteiger partial charge in [-0.15, -0.1) is 0 Å². The van der Waals surface area contributed by atoms with Crippen molar-refractivity contribution in [2.24, 2.45) is 0 Å². The number of fused-ring (bicyclic) bond motifs is 1. The standard InChI is InChI=1S/C23H19F3N4O2/c1-32-22-14-27-19(12-29-22)16-6-8-30-20(13-28-21(30)11-16)17-4-2-3-15(9-17)10-18(31)5-7-23(24,25)26/h2-4,6,8-9,11-14H,5,7,10H2,1H3. The second-order valence-electron chi connectivity index (χ2n) is 7.26. The quantitative estimate of drug-likeness (QED) is 0.408. The maximum absolute atomic E-state index is 12.3. The summed E-state index contributed by atoms with van der Waals surface area (Å²) in [5, 5.41) is 0. The minimum atomic E-state index is -4.33. The number of hydrogen-bond donors (Lipinski definition) is 0. The second-order valence-corrected chi connectivity index (χ2v) is 7.26. The Bertz CT molecular complexity index is 1250. The summed E-state index contributed by atoms with van der Waals surface area (Å²) in [6.07, 6.45) is 0.751. The number of pyridine rings is 1. The van der Waals surface area contributed by atoms with Crippen LogP contribution in [0.5, 0.6) is 5.88 Å². The van der Waals surface area contributed by atoms with Crippen LogP contribution in [0.4, 0.5) is 13.2 Å². The Morgan fingerprint density at radius 1 is 1.03 bits per heavy atom. The van der Waals surface area contributed by atoms with Gasteiger partial charge in [0.05, 0.1) is 43.5 Å². The van der Waals surface area contributed by atoms with E-state index in [4.69, 9.17) is 4.74 Å². The lowest BCUT2D eigenvalue weighted by Crippen LogP contribution is -2.12. The minimum absolute atomic E-state index is 0.0407. The highest BCUT2D eigenvalue weighted by atomic mass is 19.4. The predicted molar refractivity (Wildman–Crippen MR) is 112 cm³/mol. The van der Waals surface area contributed by atoms with Crippen molar-refractivity contribution in [3.63, 3.8) is 0 Å². The van der Waals surface area contributed by atoms with Crippen molar-refractivity contribution in [3.05, 3.63) is 66.7 Å². The van der Waals surface area contributed by atoms with Gasteiger partial charge in [0.1, 0.15) is 11.4 Å². The van der Waals surface area contributed by atoms with Gasteiger partial charge in [0, 0.05) is 30.2 Å². The number of nitrogens with zero attached hydrogens (tertiary/aromatic N) is 4. The van der Waals surface area contributed by atoms with Crippen molar-refractivity contribution in [2.75, 3.05) is 7.11 Å². The number of methoxy groups -OCH3 is 1. The zero-order chi connectivity index (χ0) is 22.7. The van der Waals surface area contributed by atoms with Gasteiger partial charge in [0.25, 0.3) is 0 Å². The van der Waals surface area contributed by atoms with E-state index >= 15 is 0 Å². The van der Waals surface area contributed by atoms with Crippen LogP contribution in [0.15, 0.2) is 61.2 Å². The first kappa shape index (κ1) is 21.5. The highest BCUT2D eigenvalue weighted by Gasteiger charge is 2.27. The number of hydrogen-bond acceptors (Lipinski definition) is 5. The molecule has 0 saturated carbocycles. The molecule has 9 heteroatoms. The average molecular weight is 440 g/mol. The number of carbonyl (C=O) groups excluding carboxylic acids is 1. The zero-order valence-electron chi connectivity index (χ0n) is 17.1. The van der Waals surface area contributed by atoms with Gasteiger partial charge in [-0.25, -0.2) is 15.0 Å². The summed E-state index contributed by atoms with van der Waals surface area (Å²) < 4.78 is 44.0. The van der Waals surface area contributed by atoms with E-state index in [2.05, 4.69) is 15.0 Å². The molecule has 0 fully saturated rings. The lowest BCUT2D eigenvalue weighted by atomic mass is 10.0. The number of ether oxygens (including phenoxy) is 1. The molecule has 0 radical (unpaired) electrons. The van der Waals surface area contributed by atoms with Gasteiger partial charge >= 0.3 is 6.18 Å². The van der Waals surface area contributed by atoms with Crippen molar-refractivity contribution < 1.29 is 22.7 Å². The number of benzene rings is 1. The topological polar surface area (TPSA) is 69.4 Å². The monoisotopic (exact) mass is 440 g/mol. The van der Waals surface area contributed by atoms with Crippen LogP contribution in [0.25, 0.3) is 28.2 Å². The fourth-order valence-corrected chi connectivity index (χ4v) is 3.36. The summed E-state index contributed by atoms with van der Waals surface area (Å²) in [4.78, 5) is 24.9. The van der Waals surface area contributed by atoms with Crippen LogP contribution < -0.4 is 4.74 Å². The van der Waals surface area contributed by atoms with Crippen LogP contribution in [-0.4, -0.2) is 38.4 Å². The molecule has 4 rings (SSSR count). The predicted octanol–water partition coefficient (Wildman–Crippen LogP) is 4.92. The summed E-state index contributed by atoms with van der Waals surface area (Å²) in [5.41, 5.74) is 4.50. The highest BCUT2D eigenvalue weighted by Crippen LogP contribution is 2.26. The van der Waals surface area contributed by atoms with Gasteiger partial charge in [-0.2, -0.15) is 13.2 Å². The molecule has 0 aliphatic carbocycles. The van der Waals surface area contributed by atoms with Crippen LogP contribution >= 0.6 is 0 Å². The molecule has 4 aromatic rings. The lowest BCUT2D eigenvalue weighted by molar-refractivity contribution is -0.143. The van der Waals surface area contributed by atoms with Crippen molar-refractivity contribution in [2.45, 2.75) is 25.4 Å². The van der Waals surface area contributed by atoms with Gasteiger partial charge in [-0.05, 0) is 23.8 Å². The summed E-state index contributed by atoms with van der Waals surface area (Å²) in [6, 6.07) is 11.0. The maximum Gasteiger partial charge on any atom is 0.389 e. The van der Waals surface area contributed by atoms with E-state index in [1.165, 1.54) is 13.3 Å². The molecule has 164 valence electrons. The number of rotatable bonds is 7. The average Bonchev–Trinajstić information content (AvgIpc) is 3.21. The molecule has 0 atom stereocenters. The van der Waals surface area contributed by atoms with Gasteiger partial charge in [-0.3, -0.25) is 9.20 Å². The SMILES string of the molecule is COc1cnc(-c2ccn3c(-c4cccc(CC(=O)CCC(F)(F)F)c4)cnc3c2)cn1. The summed E-state index contributed by atoms with van der Waals surface area (Å²) >= 11 is 0. The first-order valence-electron chi connectivity index (χ1n) is 9.84. The van der Waals surface area contributed by atoms with Crippen molar-refractivity contribution in [1.82, 2.24) is 19.4 Å². The van der Waals surface area contributed by atoms with E-state index in [0.717, 1.165) is 16.8 Å². The van der Waals surface area contributed by atoms with E-state index in [9.17, 15) is 18.0 Å². The third-order valence-corrected chi connectivity index (χ3v) is 4.96. The van der Waals surface area contributed by atoms with Crippen molar-refractivity contribution in [1.29, 1.82) is 0 Å². The van der Waals surface area contributed by atoms with E-state index in [1.54, 1.807) is 30.6 Å². The van der Waals surface area contributed by atoms with E-state index in [1.807, 2.05) is 28.8 Å². The number of ketones is 1. The molecule has 0 N–H and O–H groups in total. The Balaban J connectivity index is 1.56. The molecule has 1 aromatic carbocycles. The Morgan fingerprint density at radius 2 is 1.88 bits per heavy atom. The number of Topliss-reactive ketones (excluding diaryl/α,β-unsaturated/α-hetero) is 1. The molecule has 32 heavy (non-hydrogen) atoms. The van der Waals surface area contributed by atoms with Crippen LogP contribution in [0, 0.1) is 0 Å². The third kappa shape index (κ3) is 4.93. The normalized spacial score (nSPS) is 11.6. The lowest BCUT2D eigenvalue weighted by Gasteiger charge is -2.08. The number of alkyl halides is 3. The molecule has 0 saturated heterocycles. The Morgan fingerprint density at radius 3 is 2.59 bits per heavy atom. The summed E-state index contributed by atoms with van der Waals surface area (Å²) in [6.45, 7) is 0. The number of carbonyl (C=O) groups is 1. The van der Waals surface area contributed by atoms with Gasteiger partial charge < -0.3 is 4.74 Å². The van der Waals surface area contributed by atoms with Crippen LogP contribution in [0.3, 0.4) is 0 Å². The largest absolute Gasteiger partial charge is 0.480 e. The molecule has 0 aliphatic rings. The van der Waals surface area contributed by atoms with Crippen LogP contribution in [-0.2, 0) is 11.2 Å². The number of aromatic nitrogens is 4. The number of halogens is 3. The second kappa shape index (κ2) is 8.78. The minimum Gasteiger partial charge on any atom is -0.480 e. The van der Waals surface area contributed by atoms with Crippen molar-refractivity contribution >= 4 is 11.4 Å². The molecular weight excluding hydrogens is 421 g/mol. The molecule has 6 nitrogen and oxygen atoms in total. The molecule has 0 aliphatic heterocycles. The van der Waals surface area contributed by atoms with E-state index < -0.39 is 24.8 Å². The van der Waals surface area contributed by atoms with Crippen LogP contribution in [0.1, 0.15) is 18.4 Å². The van der Waals surface area contributed by atoms with Crippen LogP contribution in [0.2, 0.25) is 0 Å².